The predicted octanol–water partition coefficient (Wildman–Crippen LogP) is 2.78. The summed E-state index contributed by atoms with van der Waals surface area (Å²) in [5, 5.41) is 10.9. The highest BCUT2D eigenvalue weighted by molar-refractivity contribution is 7.80. The molecular formula is C10H19NO2S. The molecule has 82 valence electrons. The van der Waals surface area contributed by atoms with Crippen molar-refractivity contribution in [3.8, 4) is 0 Å². The average molecular weight is 217 g/mol. The van der Waals surface area contributed by atoms with E-state index in [1.807, 2.05) is 0 Å². The summed E-state index contributed by atoms with van der Waals surface area (Å²) in [4.78, 5) is 10.8. The second-order valence-corrected chi connectivity index (χ2v) is 4.60. The summed E-state index contributed by atoms with van der Waals surface area (Å²) in [6.07, 6.45) is 5.10. The lowest BCUT2D eigenvalue weighted by Crippen LogP contribution is -2.30. The summed E-state index contributed by atoms with van der Waals surface area (Å²) in [6, 6.07) is -0.347. The molecule has 0 spiro atoms. The SMILES string of the molecule is CCC1CCCC(CS)C([N+](=O)[O-])C1. The summed E-state index contributed by atoms with van der Waals surface area (Å²) >= 11 is 4.22. The molecule has 1 rings (SSSR count). The van der Waals surface area contributed by atoms with Gasteiger partial charge in [0, 0.05) is 17.3 Å². The number of nitro groups is 1. The quantitative estimate of drug-likeness (QED) is 0.342. The molecule has 0 aromatic rings. The lowest BCUT2D eigenvalue weighted by atomic mass is 9.92. The molecule has 14 heavy (non-hydrogen) atoms. The van der Waals surface area contributed by atoms with Gasteiger partial charge in [0.1, 0.15) is 0 Å². The monoisotopic (exact) mass is 217 g/mol. The van der Waals surface area contributed by atoms with Crippen LogP contribution < -0.4 is 0 Å². The van der Waals surface area contributed by atoms with Gasteiger partial charge >= 0.3 is 0 Å². The molecule has 3 atom stereocenters. The smallest absolute Gasteiger partial charge is 0.216 e. The van der Waals surface area contributed by atoms with Crippen molar-refractivity contribution in [1.82, 2.24) is 0 Å². The van der Waals surface area contributed by atoms with Gasteiger partial charge in [0.15, 0.2) is 0 Å². The van der Waals surface area contributed by atoms with Gasteiger partial charge in [0.05, 0.1) is 0 Å². The first-order valence-corrected chi connectivity index (χ1v) is 6.06. The maximum absolute atomic E-state index is 10.9. The van der Waals surface area contributed by atoms with Gasteiger partial charge in [0.25, 0.3) is 0 Å². The Balaban J connectivity index is 2.66. The maximum atomic E-state index is 10.9. The molecule has 1 aliphatic rings. The second kappa shape index (κ2) is 5.59. The Bertz CT molecular complexity index is 199. The van der Waals surface area contributed by atoms with E-state index in [0.717, 1.165) is 32.1 Å². The van der Waals surface area contributed by atoms with Gasteiger partial charge < -0.3 is 0 Å². The molecule has 0 bridgehead atoms. The largest absolute Gasteiger partial charge is 0.264 e. The van der Waals surface area contributed by atoms with Crippen LogP contribution in [0.4, 0.5) is 0 Å². The van der Waals surface area contributed by atoms with E-state index in [9.17, 15) is 10.1 Å². The Morgan fingerprint density at radius 1 is 1.50 bits per heavy atom. The minimum atomic E-state index is -0.347. The summed E-state index contributed by atoms with van der Waals surface area (Å²) in [5.41, 5.74) is 0. The maximum Gasteiger partial charge on any atom is 0.216 e. The van der Waals surface area contributed by atoms with Crippen LogP contribution in [0.1, 0.15) is 39.0 Å². The van der Waals surface area contributed by atoms with Crippen molar-refractivity contribution < 1.29 is 4.92 Å². The lowest BCUT2D eigenvalue weighted by Gasteiger charge is -2.17. The van der Waals surface area contributed by atoms with Crippen LogP contribution in [-0.2, 0) is 0 Å². The fourth-order valence-electron chi connectivity index (χ4n) is 2.35. The number of thiol groups is 1. The molecule has 0 heterocycles. The van der Waals surface area contributed by atoms with Crippen LogP contribution in [0.25, 0.3) is 0 Å². The Hall–Kier alpha value is -0.250. The highest BCUT2D eigenvalue weighted by Gasteiger charge is 2.34. The van der Waals surface area contributed by atoms with Crippen molar-refractivity contribution in [2.45, 2.75) is 45.1 Å². The van der Waals surface area contributed by atoms with Crippen LogP contribution in [0.2, 0.25) is 0 Å². The molecule has 4 heteroatoms. The molecule has 0 N–H and O–H groups in total. The molecule has 1 saturated carbocycles. The molecule has 0 aliphatic heterocycles. The Morgan fingerprint density at radius 3 is 2.71 bits per heavy atom. The zero-order valence-electron chi connectivity index (χ0n) is 8.69. The van der Waals surface area contributed by atoms with Gasteiger partial charge in [0.2, 0.25) is 6.04 Å². The summed E-state index contributed by atoms with van der Waals surface area (Å²) in [6.45, 7) is 2.13. The normalized spacial score (nSPS) is 33.7. The van der Waals surface area contributed by atoms with Crippen molar-refractivity contribution in [1.29, 1.82) is 0 Å². The molecule has 0 aromatic carbocycles. The Kier molecular flexibility index (Phi) is 4.72. The number of hydrogen-bond acceptors (Lipinski definition) is 3. The van der Waals surface area contributed by atoms with Crippen molar-refractivity contribution in [2.24, 2.45) is 11.8 Å². The van der Waals surface area contributed by atoms with E-state index in [-0.39, 0.29) is 16.9 Å². The zero-order chi connectivity index (χ0) is 10.6. The van der Waals surface area contributed by atoms with E-state index in [1.54, 1.807) is 0 Å². The van der Waals surface area contributed by atoms with Gasteiger partial charge in [-0.2, -0.15) is 12.6 Å². The first-order valence-electron chi connectivity index (χ1n) is 5.43. The minimum Gasteiger partial charge on any atom is -0.264 e. The van der Waals surface area contributed by atoms with E-state index in [0.29, 0.717) is 11.7 Å². The molecule has 0 amide bonds. The first-order chi connectivity index (χ1) is 6.69. The van der Waals surface area contributed by atoms with E-state index >= 15 is 0 Å². The number of nitrogens with zero attached hydrogens (tertiary/aromatic N) is 1. The molecule has 3 unspecified atom stereocenters. The van der Waals surface area contributed by atoms with E-state index in [2.05, 4.69) is 19.6 Å². The van der Waals surface area contributed by atoms with Gasteiger partial charge in [-0.05, 0) is 18.1 Å². The van der Waals surface area contributed by atoms with Crippen LogP contribution >= 0.6 is 12.6 Å². The first kappa shape index (κ1) is 11.8. The molecule has 0 radical (unpaired) electrons. The molecular weight excluding hydrogens is 198 g/mol. The van der Waals surface area contributed by atoms with Gasteiger partial charge in [-0.25, -0.2) is 0 Å². The lowest BCUT2D eigenvalue weighted by molar-refractivity contribution is -0.533. The van der Waals surface area contributed by atoms with Crippen LogP contribution in [0.15, 0.2) is 0 Å². The van der Waals surface area contributed by atoms with Crippen LogP contribution in [0, 0.1) is 22.0 Å². The zero-order valence-corrected chi connectivity index (χ0v) is 9.58. The fourth-order valence-corrected chi connectivity index (χ4v) is 2.78. The predicted molar refractivity (Wildman–Crippen MR) is 60.4 cm³/mol. The van der Waals surface area contributed by atoms with Crippen molar-refractivity contribution in [2.75, 3.05) is 5.75 Å². The third-order valence-electron chi connectivity index (χ3n) is 3.39. The molecule has 0 saturated heterocycles. The van der Waals surface area contributed by atoms with Gasteiger partial charge in [-0.3, -0.25) is 10.1 Å². The van der Waals surface area contributed by atoms with Crippen LogP contribution in [-0.4, -0.2) is 16.7 Å². The highest BCUT2D eigenvalue weighted by atomic mass is 32.1. The van der Waals surface area contributed by atoms with Gasteiger partial charge in [-0.15, -0.1) is 0 Å². The van der Waals surface area contributed by atoms with Crippen molar-refractivity contribution in [3.05, 3.63) is 10.1 Å². The van der Waals surface area contributed by atoms with E-state index in [1.165, 1.54) is 0 Å². The minimum absolute atomic E-state index is 0.0884. The van der Waals surface area contributed by atoms with Gasteiger partial charge in [-0.1, -0.05) is 26.2 Å². The van der Waals surface area contributed by atoms with Crippen LogP contribution in [0.5, 0.6) is 0 Å². The number of hydrogen-bond donors (Lipinski definition) is 1. The molecule has 1 aliphatic carbocycles. The molecule has 1 fully saturated rings. The van der Waals surface area contributed by atoms with Crippen LogP contribution in [0.3, 0.4) is 0 Å². The van der Waals surface area contributed by atoms with Crippen molar-refractivity contribution >= 4 is 12.6 Å². The second-order valence-electron chi connectivity index (χ2n) is 4.24. The summed E-state index contributed by atoms with van der Waals surface area (Å²) in [7, 11) is 0. The third kappa shape index (κ3) is 2.87. The topological polar surface area (TPSA) is 43.1 Å². The van der Waals surface area contributed by atoms with Crippen molar-refractivity contribution in [3.63, 3.8) is 0 Å². The van der Waals surface area contributed by atoms with E-state index < -0.39 is 0 Å². The summed E-state index contributed by atoms with van der Waals surface area (Å²) < 4.78 is 0. The third-order valence-corrected chi connectivity index (χ3v) is 3.86. The average Bonchev–Trinajstić information content (AvgIpc) is 2.38. The Morgan fingerprint density at radius 2 is 2.21 bits per heavy atom. The fraction of sp³-hybridized carbons (Fsp3) is 1.00. The summed E-state index contributed by atoms with van der Waals surface area (Å²) in [5.74, 6) is 1.39. The van der Waals surface area contributed by atoms with E-state index in [4.69, 9.17) is 0 Å². The highest BCUT2D eigenvalue weighted by Crippen LogP contribution is 2.31. The molecule has 3 nitrogen and oxygen atoms in total. The standard InChI is InChI=1S/C10H19NO2S/c1-2-8-4-3-5-9(7-14)10(6-8)11(12)13/h8-10,14H,2-7H2,1H3. The molecule has 0 aromatic heterocycles. The number of rotatable bonds is 3. The Labute approximate surface area is 90.8 Å².